The Labute approximate surface area is 257 Å². The summed E-state index contributed by atoms with van der Waals surface area (Å²) >= 11 is 5.65. The van der Waals surface area contributed by atoms with Crippen molar-refractivity contribution in [3.8, 4) is 0 Å². The van der Waals surface area contributed by atoms with Crippen molar-refractivity contribution >= 4 is 18.4 Å². The monoisotopic (exact) mass is 623 g/mol. The number of halogens is 5. The van der Waals surface area contributed by atoms with E-state index in [1.807, 2.05) is 60.5 Å². The largest absolute Gasteiger partial charge is 0.416 e. The fourth-order valence-electron chi connectivity index (χ4n) is 2.52. The number of aliphatic hydroxyl groups excluding tert-OH is 1. The Hall–Kier alpha value is -2.59. The minimum atomic E-state index is -4.57. The van der Waals surface area contributed by atoms with Gasteiger partial charge in [0, 0.05) is 18.3 Å². The number of alkyl halides is 3. The third-order valence-corrected chi connectivity index (χ3v) is 4.57. The molecule has 0 radical (unpaired) electrons. The number of benzene rings is 1. The lowest BCUT2D eigenvalue weighted by Gasteiger charge is -2.09. The summed E-state index contributed by atoms with van der Waals surface area (Å²) in [6.07, 6.45) is 8.81. The van der Waals surface area contributed by atoms with Crippen LogP contribution < -0.4 is 11.5 Å². The maximum atomic E-state index is 13.2. The van der Waals surface area contributed by atoms with Gasteiger partial charge in [0.05, 0.1) is 16.7 Å². The van der Waals surface area contributed by atoms with Gasteiger partial charge in [0.15, 0.2) is 0 Å². The first-order valence-electron chi connectivity index (χ1n) is 14.1. The van der Waals surface area contributed by atoms with Crippen molar-refractivity contribution in [2.75, 3.05) is 13.6 Å². The highest BCUT2D eigenvalue weighted by Gasteiger charge is 2.31. The summed E-state index contributed by atoms with van der Waals surface area (Å²) in [5.74, 6) is -0.918. The lowest BCUT2D eigenvalue weighted by molar-refractivity contribution is -0.137. The average molecular weight is 624 g/mol. The minimum absolute atomic E-state index is 0.109. The molecule has 2 aromatic rings. The minimum Gasteiger partial charge on any atom is -0.393 e. The van der Waals surface area contributed by atoms with Crippen LogP contribution in [-0.4, -0.2) is 36.6 Å². The van der Waals surface area contributed by atoms with E-state index < -0.39 is 17.6 Å². The van der Waals surface area contributed by atoms with E-state index in [2.05, 4.69) is 29.8 Å². The molecule has 5 N–H and O–H groups in total. The molecule has 244 valence electrons. The zero-order valence-electron chi connectivity index (χ0n) is 26.6. The van der Waals surface area contributed by atoms with Gasteiger partial charge in [-0.3, -0.25) is 4.98 Å². The molecule has 0 aliphatic heterocycles. The predicted molar refractivity (Wildman–Crippen MR) is 172 cm³/mol. The lowest BCUT2D eigenvalue weighted by Crippen LogP contribution is -2.07. The molecule has 1 aromatic heterocycles. The summed E-state index contributed by atoms with van der Waals surface area (Å²) in [6.45, 7) is 16.8. The van der Waals surface area contributed by atoms with Gasteiger partial charge in [0.1, 0.15) is 12.6 Å². The Morgan fingerprint density at radius 3 is 2.02 bits per heavy atom. The number of nitrogens with two attached hydrogens (primary N) is 2. The van der Waals surface area contributed by atoms with Crippen LogP contribution in [-0.2, 0) is 17.4 Å². The number of aliphatic hydroxyl groups is 1. The van der Waals surface area contributed by atoms with Gasteiger partial charge in [0.2, 0.25) is 0 Å². The highest BCUT2D eigenvalue weighted by molar-refractivity contribution is 6.30. The van der Waals surface area contributed by atoms with Gasteiger partial charge in [-0.1, -0.05) is 77.4 Å². The molecular formula is C32H54ClF4N3O2. The number of hydrogen-bond donors (Lipinski definition) is 3. The number of carbonyl (C=O) groups excluding carboxylic acids is 1. The Balaban J connectivity index is -0.000000166. The SMILES string of the molecule is C/C=C\C=C/CC.C=O.CC.CC.CCC(O)CCCN.CN.Fc1cc(Cc2ccc(Cl)cn2)cc(C(F)(F)F)c1. The average Bonchev–Trinajstić information content (AvgIpc) is 3.01. The fraction of sp³-hybridized carbons (Fsp3) is 0.500. The van der Waals surface area contributed by atoms with E-state index in [-0.39, 0.29) is 18.1 Å². The highest BCUT2D eigenvalue weighted by Crippen LogP contribution is 2.30. The molecule has 10 heteroatoms. The summed E-state index contributed by atoms with van der Waals surface area (Å²) in [5, 5.41) is 9.36. The van der Waals surface area contributed by atoms with E-state index >= 15 is 0 Å². The van der Waals surface area contributed by atoms with E-state index in [9.17, 15) is 17.6 Å². The number of nitrogens with zero attached hydrogens (tertiary/aromatic N) is 1. The van der Waals surface area contributed by atoms with Gasteiger partial charge in [-0.25, -0.2) is 4.39 Å². The quantitative estimate of drug-likeness (QED) is 0.201. The number of hydrogen-bond acceptors (Lipinski definition) is 5. The van der Waals surface area contributed by atoms with Gasteiger partial charge in [-0.2, -0.15) is 13.2 Å². The van der Waals surface area contributed by atoms with E-state index in [0.717, 1.165) is 37.8 Å². The van der Waals surface area contributed by atoms with Crippen LogP contribution in [0.25, 0.3) is 0 Å². The second kappa shape index (κ2) is 36.4. The standard InChI is InChI=1S/C13H8ClF4N.C7H12.C6H15NO.2C2H6.CH5N.CH2O/c14-10-1-2-12(19-7-10)5-8-3-9(13(16,17)18)6-11(15)4-8;1-3-5-7-6-4-2;1-2-6(8)4-3-5-7;4*1-2/h1-4,6-7H,5H2;3,5-7H,4H2,1-2H3;6,8H,2-5,7H2,1H3;2*1-2H3;2H2,1H3;1H2/b;5-3-,7-6-;;;;;. The fourth-order valence-corrected chi connectivity index (χ4v) is 2.63. The number of allylic oxidation sites excluding steroid dienone is 4. The maximum Gasteiger partial charge on any atom is 0.416 e. The Bertz CT molecular complexity index is 879. The van der Waals surface area contributed by atoms with Crippen LogP contribution in [0.5, 0.6) is 0 Å². The van der Waals surface area contributed by atoms with Crippen molar-refractivity contribution < 1.29 is 27.5 Å². The van der Waals surface area contributed by atoms with Gasteiger partial charge < -0.3 is 21.4 Å². The third-order valence-electron chi connectivity index (χ3n) is 4.35. The third kappa shape index (κ3) is 31.9. The molecule has 1 atom stereocenters. The smallest absolute Gasteiger partial charge is 0.393 e. The Morgan fingerprint density at radius 1 is 1.05 bits per heavy atom. The van der Waals surface area contributed by atoms with Crippen LogP contribution in [0.4, 0.5) is 17.6 Å². The molecule has 2 rings (SSSR count). The first kappa shape index (κ1) is 49.1. The van der Waals surface area contributed by atoms with Crippen LogP contribution >= 0.6 is 11.6 Å². The van der Waals surface area contributed by atoms with Crippen molar-refractivity contribution in [3.63, 3.8) is 0 Å². The highest BCUT2D eigenvalue weighted by atomic mass is 35.5. The first-order valence-corrected chi connectivity index (χ1v) is 14.4. The van der Waals surface area contributed by atoms with Crippen molar-refractivity contribution in [1.29, 1.82) is 0 Å². The van der Waals surface area contributed by atoms with E-state index in [1.54, 1.807) is 12.1 Å². The van der Waals surface area contributed by atoms with E-state index in [0.29, 0.717) is 23.3 Å². The molecule has 0 bridgehead atoms. The van der Waals surface area contributed by atoms with Crippen LogP contribution in [0.15, 0.2) is 60.8 Å². The van der Waals surface area contributed by atoms with Crippen LogP contribution in [0.1, 0.15) is 91.0 Å². The van der Waals surface area contributed by atoms with E-state index in [1.165, 1.54) is 13.2 Å². The lowest BCUT2D eigenvalue weighted by atomic mass is 10.1. The van der Waals surface area contributed by atoms with Gasteiger partial charge in [-0.05, 0) is 82.1 Å². The summed E-state index contributed by atoms with van der Waals surface area (Å²) in [4.78, 5) is 12.0. The Kier molecular flexibility index (Phi) is 42.6. The second-order valence-electron chi connectivity index (χ2n) is 7.35. The predicted octanol–water partition coefficient (Wildman–Crippen LogP) is 8.95. The molecule has 0 amide bonds. The number of rotatable bonds is 8. The maximum absolute atomic E-state index is 13.2. The van der Waals surface area contributed by atoms with Gasteiger partial charge >= 0.3 is 6.18 Å². The zero-order chi connectivity index (χ0) is 34.0. The van der Waals surface area contributed by atoms with E-state index in [4.69, 9.17) is 27.2 Å². The summed E-state index contributed by atoms with van der Waals surface area (Å²) in [7, 11) is 1.50. The van der Waals surface area contributed by atoms with Crippen LogP contribution in [0, 0.1) is 5.82 Å². The molecule has 1 aromatic carbocycles. The molecule has 0 aliphatic carbocycles. The molecule has 0 fully saturated rings. The van der Waals surface area contributed by atoms with Gasteiger partial charge in [-0.15, -0.1) is 0 Å². The van der Waals surface area contributed by atoms with Gasteiger partial charge in [0.25, 0.3) is 0 Å². The summed E-state index contributed by atoms with van der Waals surface area (Å²) < 4.78 is 50.8. The normalized spacial score (nSPS) is 10.4. The summed E-state index contributed by atoms with van der Waals surface area (Å²) in [6, 6.07) is 5.61. The topological polar surface area (TPSA) is 102 Å². The molecule has 0 spiro atoms. The molecule has 0 saturated carbocycles. The molecule has 5 nitrogen and oxygen atoms in total. The Morgan fingerprint density at radius 2 is 1.62 bits per heavy atom. The summed E-state index contributed by atoms with van der Waals surface area (Å²) in [5.41, 5.74) is 9.44. The number of carbonyl (C=O) groups is 1. The molecule has 0 saturated heterocycles. The van der Waals surface area contributed by atoms with Crippen molar-refractivity contribution in [2.24, 2.45) is 11.5 Å². The number of pyridine rings is 1. The number of aromatic nitrogens is 1. The molecule has 1 heterocycles. The first-order chi connectivity index (χ1) is 20.1. The molecule has 0 aliphatic rings. The molecular weight excluding hydrogens is 570 g/mol. The molecule has 1 unspecified atom stereocenters. The van der Waals surface area contributed by atoms with Crippen molar-refractivity contribution in [2.45, 2.75) is 92.9 Å². The second-order valence-corrected chi connectivity index (χ2v) is 7.78. The van der Waals surface area contributed by atoms with Crippen LogP contribution in [0.3, 0.4) is 0 Å². The zero-order valence-corrected chi connectivity index (χ0v) is 27.4. The van der Waals surface area contributed by atoms with Crippen LogP contribution in [0.2, 0.25) is 5.02 Å². The molecule has 42 heavy (non-hydrogen) atoms. The van der Waals surface area contributed by atoms with Crippen molar-refractivity contribution in [1.82, 2.24) is 4.98 Å². The van der Waals surface area contributed by atoms with Crippen molar-refractivity contribution in [3.05, 3.63) is 88.5 Å².